The Kier molecular flexibility index (Phi) is 9.87. The maximum atomic E-state index is 7.48. The zero-order chi connectivity index (χ0) is 49.7. The average Bonchev–Trinajstić information content (AvgIpc) is 4.21. The summed E-state index contributed by atoms with van der Waals surface area (Å²) in [5.41, 5.74) is 23.6. The van der Waals surface area contributed by atoms with E-state index in [1.165, 1.54) is 120 Å². The average molecular weight is 997 g/mol. The smallest absolute Gasteiger partial charge is 0.297 e. The van der Waals surface area contributed by atoms with E-state index in [0.29, 0.717) is 0 Å². The summed E-state index contributed by atoms with van der Waals surface area (Å²) in [6.45, 7) is 18.5. The second-order valence-electron chi connectivity index (χ2n) is 22.3. The van der Waals surface area contributed by atoms with Gasteiger partial charge in [-0.05, 0) is 163 Å². The van der Waals surface area contributed by atoms with E-state index in [4.69, 9.17) is 4.42 Å². The third kappa shape index (κ3) is 6.89. The Labute approximate surface area is 439 Å². The Morgan fingerprint density at radius 2 is 0.986 bits per heavy atom. The SMILES string of the molecule is Cc1cc(-c2csc3ccccc23)cc(C)c1N1c2cc(C(C)(C)C)cc3c2B(c2ccc(-c4csc5ccccc45)cc2N3c2cccc(-c3csc4ccccc34)c2)c2oc3ccc(C(C)(C)C)cc3c21. The molecule has 6 heterocycles. The molecule has 4 aromatic heterocycles. The standard InChI is InChI=1S/C66H53BN2OS3/c1-38-28-42(52-37-73-60-23-14-11-20-48(52)60)29-39(2)62(38)69-56-34-44(66(6,7)8)33-55-61(56)67(64-63(69)49-32-43(65(3,4)5)25-27-57(49)70-64)53-26-24-41(51-36-72-59-22-13-10-19-47(51)59)31-54(53)68(55)45-17-15-16-40(30-45)50-35-71-58-21-12-9-18-46(50)58/h9-37H,1-8H3. The fourth-order valence-electron chi connectivity index (χ4n) is 11.9. The zero-order valence-corrected chi connectivity index (χ0v) is 44.8. The summed E-state index contributed by atoms with van der Waals surface area (Å²) in [6.07, 6.45) is 0. The molecule has 0 aliphatic carbocycles. The van der Waals surface area contributed by atoms with Crippen molar-refractivity contribution >= 4 is 133 Å². The van der Waals surface area contributed by atoms with Crippen LogP contribution in [0.25, 0.3) is 74.6 Å². The first-order valence-electron chi connectivity index (χ1n) is 25.4. The lowest BCUT2D eigenvalue weighted by Crippen LogP contribution is -2.61. The molecule has 0 unspecified atom stereocenters. The molecule has 0 saturated heterocycles. The number of hydrogen-bond acceptors (Lipinski definition) is 6. The summed E-state index contributed by atoms with van der Waals surface area (Å²) in [5, 5.41) is 12.0. The summed E-state index contributed by atoms with van der Waals surface area (Å²) in [4.78, 5) is 5.20. The van der Waals surface area contributed by atoms with Crippen LogP contribution in [0.5, 0.6) is 0 Å². The summed E-state index contributed by atoms with van der Waals surface area (Å²) < 4.78 is 11.4. The normalized spacial score (nSPS) is 13.4. The van der Waals surface area contributed by atoms with Gasteiger partial charge in [0.2, 0.25) is 0 Å². The Hall–Kier alpha value is -7.16. The Morgan fingerprint density at radius 3 is 1.58 bits per heavy atom. The van der Waals surface area contributed by atoms with Crippen molar-refractivity contribution in [1.29, 1.82) is 0 Å². The van der Waals surface area contributed by atoms with Crippen LogP contribution in [0.15, 0.2) is 178 Å². The van der Waals surface area contributed by atoms with E-state index in [2.05, 4.69) is 239 Å². The number of hydrogen-bond donors (Lipinski definition) is 0. The number of rotatable bonds is 5. The molecule has 354 valence electrons. The van der Waals surface area contributed by atoms with Gasteiger partial charge in [-0.3, -0.25) is 0 Å². The third-order valence-corrected chi connectivity index (χ3v) is 18.5. The van der Waals surface area contributed by atoms with Gasteiger partial charge in [0.25, 0.3) is 6.71 Å². The van der Waals surface area contributed by atoms with Crippen LogP contribution >= 0.6 is 34.0 Å². The minimum absolute atomic E-state index is 0.0663. The van der Waals surface area contributed by atoms with Gasteiger partial charge >= 0.3 is 0 Å². The van der Waals surface area contributed by atoms with Crippen molar-refractivity contribution in [2.75, 3.05) is 9.80 Å². The summed E-state index contributed by atoms with van der Waals surface area (Å²) in [7, 11) is 0. The highest BCUT2D eigenvalue weighted by Crippen LogP contribution is 2.52. The van der Waals surface area contributed by atoms with Gasteiger partial charge in [-0.1, -0.05) is 126 Å². The van der Waals surface area contributed by atoms with Crippen molar-refractivity contribution in [2.45, 2.75) is 66.2 Å². The van der Waals surface area contributed by atoms with Gasteiger partial charge in [0.15, 0.2) is 0 Å². The highest BCUT2D eigenvalue weighted by atomic mass is 32.1. The highest BCUT2D eigenvalue weighted by molar-refractivity contribution is 7.18. The molecule has 0 N–H and O–H groups in total. The summed E-state index contributed by atoms with van der Waals surface area (Å²) in [5.74, 6) is 0. The second-order valence-corrected chi connectivity index (χ2v) is 25.0. The van der Waals surface area contributed by atoms with Crippen LogP contribution in [0.4, 0.5) is 34.1 Å². The zero-order valence-electron chi connectivity index (χ0n) is 42.3. The lowest BCUT2D eigenvalue weighted by molar-refractivity contribution is 0.590. The second kappa shape index (κ2) is 16.2. The van der Waals surface area contributed by atoms with E-state index >= 15 is 0 Å². The number of aryl methyl sites for hydroxylation is 2. The van der Waals surface area contributed by atoms with Crippen molar-refractivity contribution in [2.24, 2.45) is 0 Å². The van der Waals surface area contributed by atoms with Gasteiger partial charge in [0.1, 0.15) is 5.58 Å². The van der Waals surface area contributed by atoms with Gasteiger partial charge in [0, 0.05) is 75.1 Å². The van der Waals surface area contributed by atoms with E-state index < -0.39 is 0 Å². The number of fused-ring (bicyclic) bond motifs is 9. The molecule has 0 spiro atoms. The molecular weight excluding hydrogens is 944 g/mol. The predicted molar refractivity (Wildman–Crippen MR) is 320 cm³/mol. The molecule has 0 atom stereocenters. The maximum Gasteiger partial charge on any atom is 0.297 e. The van der Waals surface area contributed by atoms with Gasteiger partial charge in [-0.2, -0.15) is 0 Å². The molecule has 3 nitrogen and oxygen atoms in total. The molecule has 14 rings (SSSR count). The Morgan fingerprint density at radius 1 is 0.438 bits per heavy atom. The van der Waals surface area contributed by atoms with Gasteiger partial charge in [0.05, 0.1) is 17.0 Å². The molecule has 0 saturated carbocycles. The van der Waals surface area contributed by atoms with E-state index in [0.717, 1.165) is 28.0 Å². The van der Waals surface area contributed by atoms with E-state index in [1.807, 2.05) is 34.0 Å². The molecule has 73 heavy (non-hydrogen) atoms. The predicted octanol–water partition coefficient (Wildman–Crippen LogP) is 18.4. The minimum atomic E-state index is -0.184. The molecule has 0 radical (unpaired) electrons. The highest BCUT2D eigenvalue weighted by Gasteiger charge is 2.48. The lowest BCUT2D eigenvalue weighted by Gasteiger charge is -2.44. The molecule has 8 aromatic carbocycles. The topological polar surface area (TPSA) is 19.6 Å². The van der Waals surface area contributed by atoms with Gasteiger partial charge in [-0.25, -0.2) is 0 Å². The third-order valence-electron chi connectivity index (χ3n) is 15.6. The minimum Gasteiger partial charge on any atom is -0.468 e. The number of thiophene rings is 3. The Bertz CT molecular complexity index is 4220. The number of furan rings is 1. The van der Waals surface area contributed by atoms with E-state index in [1.54, 1.807) is 0 Å². The van der Waals surface area contributed by atoms with Crippen molar-refractivity contribution in [3.05, 3.63) is 196 Å². The maximum absolute atomic E-state index is 7.48. The van der Waals surface area contributed by atoms with Crippen molar-refractivity contribution in [3.8, 4) is 33.4 Å². The molecule has 0 bridgehead atoms. The molecule has 0 amide bonds. The molecule has 12 aromatic rings. The molecule has 2 aliphatic rings. The first-order chi connectivity index (χ1) is 35.3. The van der Waals surface area contributed by atoms with Crippen molar-refractivity contribution < 1.29 is 4.42 Å². The number of anilines is 6. The van der Waals surface area contributed by atoms with Crippen LogP contribution in [0.1, 0.15) is 63.8 Å². The molecule has 7 heteroatoms. The fraction of sp³-hybridized carbons (Fsp3) is 0.152. The van der Waals surface area contributed by atoms with Crippen LogP contribution in [0.3, 0.4) is 0 Å². The van der Waals surface area contributed by atoms with E-state index in [9.17, 15) is 0 Å². The van der Waals surface area contributed by atoms with Crippen LogP contribution in [-0.4, -0.2) is 6.71 Å². The van der Waals surface area contributed by atoms with Crippen molar-refractivity contribution in [1.82, 2.24) is 0 Å². The van der Waals surface area contributed by atoms with Crippen LogP contribution in [0.2, 0.25) is 0 Å². The van der Waals surface area contributed by atoms with E-state index in [-0.39, 0.29) is 17.5 Å². The first kappa shape index (κ1) is 44.5. The lowest BCUT2D eigenvalue weighted by atomic mass is 9.35. The molecule has 0 fully saturated rings. The molecule has 2 aliphatic heterocycles. The number of benzene rings is 8. The quantitative estimate of drug-likeness (QED) is 0.160. The monoisotopic (exact) mass is 996 g/mol. The first-order valence-corrected chi connectivity index (χ1v) is 28.0. The van der Waals surface area contributed by atoms with Crippen LogP contribution in [-0.2, 0) is 10.8 Å². The fourth-order valence-corrected chi connectivity index (χ4v) is 14.8. The largest absolute Gasteiger partial charge is 0.468 e. The van der Waals surface area contributed by atoms with Crippen molar-refractivity contribution in [3.63, 3.8) is 0 Å². The molecular formula is C66H53BN2OS3. The Balaban J connectivity index is 1.08. The number of nitrogens with zero attached hydrogens (tertiary/aromatic N) is 2. The summed E-state index contributed by atoms with van der Waals surface area (Å²) >= 11 is 5.46. The summed E-state index contributed by atoms with van der Waals surface area (Å²) in [6, 6.07) is 59.7. The van der Waals surface area contributed by atoms with Gasteiger partial charge in [-0.15, -0.1) is 34.0 Å². The van der Waals surface area contributed by atoms with Crippen LogP contribution < -0.4 is 26.4 Å². The van der Waals surface area contributed by atoms with Gasteiger partial charge < -0.3 is 14.2 Å². The van der Waals surface area contributed by atoms with Crippen LogP contribution in [0, 0.1) is 13.8 Å².